The maximum absolute atomic E-state index is 5.99. The van der Waals surface area contributed by atoms with Gasteiger partial charge < -0.3 is 0 Å². The van der Waals surface area contributed by atoms with E-state index in [1.165, 1.54) is 7.11 Å². The van der Waals surface area contributed by atoms with E-state index >= 15 is 0 Å². The van der Waals surface area contributed by atoms with Gasteiger partial charge in [0.1, 0.15) is 0 Å². The van der Waals surface area contributed by atoms with Gasteiger partial charge in [0.25, 0.3) is 0 Å². The van der Waals surface area contributed by atoms with E-state index in [2.05, 4.69) is 15.8 Å². The third-order valence-electron chi connectivity index (χ3n) is 2.28. The van der Waals surface area contributed by atoms with Gasteiger partial charge in [0.05, 0.1) is 23.8 Å². The minimum Gasteiger partial charge on any atom is -0.289 e. The Morgan fingerprint density at radius 1 is 1.39 bits per heavy atom. The van der Waals surface area contributed by atoms with Crippen LogP contribution in [0.15, 0.2) is 30.9 Å². The predicted molar refractivity (Wildman–Crippen MR) is 75.7 cm³/mol. The highest BCUT2D eigenvalue weighted by Gasteiger charge is 2.12. The van der Waals surface area contributed by atoms with Crippen molar-refractivity contribution in [1.82, 2.24) is 0 Å². The molecular formula is C12H14Cl2O3S. The second-order valence-corrected chi connectivity index (χ2v) is 4.80. The van der Waals surface area contributed by atoms with Gasteiger partial charge >= 0.3 is 0 Å². The SMILES string of the molecule is C=CC[C@@H](COSOOC)c1ccc(Cl)c(Cl)c1. The molecule has 0 amide bonds. The van der Waals surface area contributed by atoms with Crippen LogP contribution in [0.3, 0.4) is 0 Å². The summed E-state index contributed by atoms with van der Waals surface area (Å²) < 4.78 is 9.82. The Morgan fingerprint density at radius 3 is 2.78 bits per heavy atom. The molecule has 0 bridgehead atoms. The normalized spacial score (nSPS) is 12.4. The summed E-state index contributed by atoms with van der Waals surface area (Å²) in [4.78, 5) is 4.40. The van der Waals surface area contributed by atoms with Gasteiger partial charge in [-0.1, -0.05) is 35.3 Å². The zero-order valence-electron chi connectivity index (χ0n) is 9.90. The number of hydrogen-bond donors (Lipinski definition) is 0. The van der Waals surface area contributed by atoms with E-state index in [9.17, 15) is 0 Å². The summed E-state index contributed by atoms with van der Waals surface area (Å²) in [5.41, 5.74) is 1.04. The Morgan fingerprint density at radius 2 is 2.17 bits per heavy atom. The van der Waals surface area contributed by atoms with Crippen molar-refractivity contribution in [2.45, 2.75) is 12.3 Å². The van der Waals surface area contributed by atoms with Gasteiger partial charge in [-0.3, -0.25) is 4.18 Å². The second kappa shape index (κ2) is 8.80. The van der Waals surface area contributed by atoms with Crippen molar-refractivity contribution in [2.75, 3.05) is 13.7 Å². The van der Waals surface area contributed by atoms with Gasteiger partial charge in [-0.25, -0.2) is 4.89 Å². The molecule has 0 N–H and O–H groups in total. The summed E-state index contributed by atoms with van der Waals surface area (Å²) in [5.74, 6) is 0.144. The highest BCUT2D eigenvalue weighted by molar-refractivity contribution is 7.89. The van der Waals surface area contributed by atoms with Crippen LogP contribution >= 0.6 is 35.5 Å². The van der Waals surface area contributed by atoms with Crippen LogP contribution in [-0.4, -0.2) is 13.7 Å². The molecule has 0 unspecified atom stereocenters. The Kier molecular flexibility index (Phi) is 7.74. The Hall–Kier alpha value is -0.230. The topological polar surface area (TPSA) is 27.7 Å². The van der Waals surface area contributed by atoms with Gasteiger partial charge in [-0.05, 0) is 24.1 Å². The number of hydrogen-bond acceptors (Lipinski definition) is 4. The minimum absolute atomic E-state index is 0.144. The fourth-order valence-electron chi connectivity index (χ4n) is 1.43. The summed E-state index contributed by atoms with van der Waals surface area (Å²) in [5, 5.41) is 1.07. The first kappa shape index (κ1) is 15.8. The third kappa shape index (κ3) is 5.18. The Labute approximate surface area is 121 Å². The van der Waals surface area contributed by atoms with Crippen LogP contribution in [0.25, 0.3) is 0 Å². The molecule has 0 radical (unpaired) electrons. The van der Waals surface area contributed by atoms with E-state index in [4.69, 9.17) is 27.4 Å². The molecule has 1 atom stereocenters. The van der Waals surface area contributed by atoms with E-state index in [1.807, 2.05) is 18.2 Å². The number of allylic oxidation sites excluding steroid dienone is 1. The van der Waals surface area contributed by atoms with Crippen LogP contribution in [0.4, 0.5) is 0 Å². The van der Waals surface area contributed by atoms with Crippen LogP contribution in [0, 0.1) is 0 Å². The highest BCUT2D eigenvalue weighted by atomic mass is 35.5. The zero-order chi connectivity index (χ0) is 13.4. The summed E-state index contributed by atoms with van der Waals surface area (Å²) in [6, 6.07) is 5.53. The van der Waals surface area contributed by atoms with E-state index in [-0.39, 0.29) is 5.92 Å². The molecular weight excluding hydrogens is 295 g/mol. The van der Waals surface area contributed by atoms with E-state index < -0.39 is 0 Å². The monoisotopic (exact) mass is 308 g/mol. The van der Waals surface area contributed by atoms with Gasteiger partial charge in [0.15, 0.2) is 12.3 Å². The summed E-state index contributed by atoms with van der Waals surface area (Å²) in [6.45, 7) is 4.19. The van der Waals surface area contributed by atoms with E-state index in [0.717, 1.165) is 24.3 Å². The molecule has 1 aromatic rings. The average Bonchev–Trinajstić information content (AvgIpc) is 2.37. The lowest BCUT2D eigenvalue weighted by Gasteiger charge is -2.15. The average molecular weight is 309 g/mol. The lowest BCUT2D eigenvalue weighted by molar-refractivity contribution is -0.166. The van der Waals surface area contributed by atoms with Crippen molar-refractivity contribution in [2.24, 2.45) is 0 Å². The Bertz CT molecular complexity index is 388. The molecule has 3 nitrogen and oxygen atoms in total. The molecule has 0 aliphatic carbocycles. The first-order valence-electron chi connectivity index (χ1n) is 5.23. The van der Waals surface area contributed by atoms with Crippen molar-refractivity contribution in [3.63, 3.8) is 0 Å². The first-order valence-corrected chi connectivity index (χ1v) is 6.66. The minimum atomic E-state index is 0.144. The van der Waals surface area contributed by atoms with Crippen molar-refractivity contribution in [1.29, 1.82) is 0 Å². The fourth-order valence-corrected chi connectivity index (χ4v) is 2.05. The number of benzene rings is 1. The molecule has 100 valence electrons. The van der Waals surface area contributed by atoms with Gasteiger partial charge in [-0.15, -0.1) is 10.9 Å². The van der Waals surface area contributed by atoms with E-state index in [1.54, 1.807) is 6.07 Å². The molecule has 0 saturated heterocycles. The van der Waals surface area contributed by atoms with Crippen LogP contribution in [0.5, 0.6) is 0 Å². The largest absolute Gasteiger partial charge is 0.289 e. The standard InChI is InChI=1S/C12H14Cl2O3S/c1-3-4-10(8-16-18-17-15-2)9-5-6-11(13)12(14)7-9/h3,5-7,10H,1,4,8H2,2H3/t10-/m0/s1. The molecule has 18 heavy (non-hydrogen) atoms. The molecule has 1 aromatic carbocycles. The molecule has 0 heterocycles. The first-order chi connectivity index (χ1) is 8.69. The highest BCUT2D eigenvalue weighted by Crippen LogP contribution is 2.29. The number of halogens is 2. The van der Waals surface area contributed by atoms with Crippen molar-refractivity contribution < 1.29 is 13.4 Å². The maximum atomic E-state index is 5.99. The van der Waals surface area contributed by atoms with Gasteiger partial charge in [-0.2, -0.15) is 0 Å². The van der Waals surface area contributed by atoms with Crippen LogP contribution in [0.2, 0.25) is 10.0 Å². The quantitative estimate of drug-likeness (QED) is 0.226. The van der Waals surface area contributed by atoms with Crippen molar-refractivity contribution in [3.05, 3.63) is 46.5 Å². The molecule has 0 saturated carbocycles. The van der Waals surface area contributed by atoms with E-state index in [0.29, 0.717) is 16.7 Å². The molecule has 0 aliphatic rings. The molecule has 0 spiro atoms. The summed E-state index contributed by atoms with van der Waals surface area (Å²) >= 11 is 12.7. The Balaban J connectivity index is 2.64. The van der Waals surface area contributed by atoms with Crippen LogP contribution in [0.1, 0.15) is 17.9 Å². The second-order valence-electron chi connectivity index (χ2n) is 3.48. The molecule has 1 rings (SSSR count). The van der Waals surface area contributed by atoms with Crippen LogP contribution in [-0.2, 0) is 13.4 Å². The van der Waals surface area contributed by atoms with Crippen LogP contribution < -0.4 is 0 Å². The zero-order valence-corrected chi connectivity index (χ0v) is 12.2. The fraction of sp³-hybridized carbons (Fsp3) is 0.333. The smallest absolute Gasteiger partial charge is 0.194 e. The maximum Gasteiger partial charge on any atom is 0.194 e. The predicted octanol–water partition coefficient (Wildman–Crippen LogP) is 4.81. The lowest BCUT2D eigenvalue weighted by Crippen LogP contribution is -2.05. The third-order valence-corrected chi connectivity index (χ3v) is 3.44. The number of rotatable bonds is 8. The molecule has 0 aromatic heterocycles. The summed E-state index contributed by atoms with van der Waals surface area (Å²) in [7, 11) is 1.41. The van der Waals surface area contributed by atoms with Gasteiger partial charge in [0, 0.05) is 5.92 Å². The molecule has 0 aliphatic heterocycles. The summed E-state index contributed by atoms with van der Waals surface area (Å²) in [6.07, 6.45) is 2.60. The van der Waals surface area contributed by atoms with Crippen molar-refractivity contribution in [3.8, 4) is 0 Å². The lowest BCUT2D eigenvalue weighted by atomic mass is 9.97. The van der Waals surface area contributed by atoms with Crippen molar-refractivity contribution >= 4 is 35.5 Å². The molecule has 6 heteroatoms. The molecule has 0 fully saturated rings. The van der Waals surface area contributed by atoms with Gasteiger partial charge in [0.2, 0.25) is 0 Å².